The number of thioether (sulfide) groups is 1. The van der Waals surface area contributed by atoms with Crippen LogP contribution in [0.2, 0.25) is 0 Å². The normalized spacial score (nSPS) is 23.6. The van der Waals surface area contributed by atoms with Crippen molar-refractivity contribution in [2.75, 3.05) is 36.8 Å². The van der Waals surface area contributed by atoms with Gasteiger partial charge < -0.3 is 10.0 Å². The van der Waals surface area contributed by atoms with Crippen molar-refractivity contribution in [3.63, 3.8) is 0 Å². The van der Waals surface area contributed by atoms with Gasteiger partial charge in [0.2, 0.25) is 5.13 Å². The molecule has 0 aliphatic carbocycles. The highest BCUT2D eigenvalue weighted by molar-refractivity contribution is 8.01. The average molecular weight is 314 g/mol. The lowest BCUT2D eigenvalue weighted by atomic mass is 10.00. The van der Waals surface area contributed by atoms with Crippen LogP contribution in [0.5, 0.6) is 0 Å². The molecular formula is C12H18N4O2S2. The fourth-order valence-electron chi connectivity index (χ4n) is 2.84. The fraction of sp³-hybridized carbons (Fsp3) is 0.750. The summed E-state index contributed by atoms with van der Waals surface area (Å²) in [7, 11) is 0. The molecule has 20 heavy (non-hydrogen) atoms. The van der Waals surface area contributed by atoms with Gasteiger partial charge in [-0.3, -0.25) is 9.69 Å². The average Bonchev–Trinajstić information content (AvgIpc) is 2.93. The van der Waals surface area contributed by atoms with Crippen molar-refractivity contribution in [2.45, 2.75) is 29.6 Å². The molecule has 2 fully saturated rings. The highest BCUT2D eigenvalue weighted by atomic mass is 32.2. The van der Waals surface area contributed by atoms with Crippen molar-refractivity contribution in [3.8, 4) is 0 Å². The fourth-order valence-corrected chi connectivity index (χ4v) is 4.44. The van der Waals surface area contributed by atoms with Gasteiger partial charge in [-0.2, -0.15) is 0 Å². The molecule has 8 heteroatoms. The second-order valence-electron chi connectivity index (χ2n) is 5.16. The summed E-state index contributed by atoms with van der Waals surface area (Å²) >= 11 is 2.75. The van der Waals surface area contributed by atoms with E-state index in [0.29, 0.717) is 6.04 Å². The van der Waals surface area contributed by atoms with Crippen molar-refractivity contribution in [3.05, 3.63) is 0 Å². The maximum Gasteiger partial charge on any atom is 0.313 e. The Balaban J connectivity index is 1.60. The molecule has 2 aliphatic heterocycles. The van der Waals surface area contributed by atoms with Gasteiger partial charge in [-0.05, 0) is 19.4 Å². The molecule has 2 aliphatic rings. The van der Waals surface area contributed by atoms with Crippen molar-refractivity contribution >= 4 is 34.2 Å². The summed E-state index contributed by atoms with van der Waals surface area (Å²) in [4.78, 5) is 15.4. The predicted molar refractivity (Wildman–Crippen MR) is 79.7 cm³/mol. The Kier molecular flexibility index (Phi) is 4.42. The zero-order valence-electron chi connectivity index (χ0n) is 11.2. The standard InChI is InChI=1S/C12H18N4O2S2/c17-10(18)8-19-12-14-13-11(20-12)16-6-5-15-4-2-1-3-9(15)7-16/h9H,1-8H2,(H,17,18). The van der Waals surface area contributed by atoms with E-state index in [1.54, 1.807) is 0 Å². The summed E-state index contributed by atoms with van der Waals surface area (Å²) in [5, 5.41) is 17.9. The van der Waals surface area contributed by atoms with E-state index in [-0.39, 0.29) is 5.75 Å². The summed E-state index contributed by atoms with van der Waals surface area (Å²) < 4.78 is 0.744. The molecule has 1 aromatic rings. The van der Waals surface area contributed by atoms with E-state index in [1.807, 2.05) is 0 Å². The molecule has 0 bridgehead atoms. The van der Waals surface area contributed by atoms with E-state index in [1.165, 1.54) is 48.9 Å². The number of anilines is 1. The number of hydrogen-bond donors (Lipinski definition) is 1. The SMILES string of the molecule is O=C(O)CSc1nnc(N2CCN3CCCCC3C2)s1. The number of carboxylic acids is 1. The number of piperidine rings is 1. The minimum Gasteiger partial charge on any atom is -0.481 e. The van der Waals surface area contributed by atoms with Gasteiger partial charge in [0.1, 0.15) is 0 Å². The second-order valence-corrected chi connectivity index (χ2v) is 7.34. The molecule has 1 atom stereocenters. The van der Waals surface area contributed by atoms with Crippen LogP contribution in [0.15, 0.2) is 4.34 Å². The van der Waals surface area contributed by atoms with Crippen LogP contribution in [0.25, 0.3) is 0 Å². The predicted octanol–water partition coefficient (Wildman–Crippen LogP) is 1.39. The summed E-state index contributed by atoms with van der Waals surface area (Å²) in [6, 6.07) is 0.650. The van der Waals surface area contributed by atoms with E-state index in [4.69, 9.17) is 5.11 Å². The van der Waals surface area contributed by atoms with Gasteiger partial charge in [0.15, 0.2) is 4.34 Å². The summed E-state index contributed by atoms with van der Waals surface area (Å²) in [6.07, 6.45) is 3.92. The molecule has 110 valence electrons. The van der Waals surface area contributed by atoms with Crippen LogP contribution >= 0.6 is 23.1 Å². The monoisotopic (exact) mass is 314 g/mol. The molecule has 1 aromatic heterocycles. The molecule has 0 aromatic carbocycles. The Bertz CT molecular complexity index is 482. The lowest BCUT2D eigenvalue weighted by Gasteiger charge is -2.43. The lowest BCUT2D eigenvalue weighted by Crippen LogP contribution is -2.54. The molecule has 0 saturated carbocycles. The number of piperazine rings is 1. The van der Waals surface area contributed by atoms with Crippen LogP contribution in [0, 0.1) is 0 Å². The summed E-state index contributed by atoms with van der Waals surface area (Å²) in [5.41, 5.74) is 0. The molecule has 3 rings (SSSR count). The van der Waals surface area contributed by atoms with Gasteiger partial charge in [0.25, 0.3) is 0 Å². The first kappa shape index (κ1) is 14.1. The Morgan fingerprint density at radius 1 is 1.35 bits per heavy atom. The van der Waals surface area contributed by atoms with Gasteiger partial charge >= 0.3 is 5.97 Å². The minimum atomic E-state index is -0.817. The van der Waals surface area contributed by atoms with Crippen LogP contribution in [0.3, 0.4) is 0 Å². The number of carboxylic acid groups (broad SMARTS) is 1. The number of aliphatic carboxylic acids is 1. The molecule has 0 spiro atoms. The third kappa shape index (κ3) is 3.24. The van der Waals surface area contributed by atoms with Crippen molar-refractivity contribution in [1.29, 1.82) is 0 Å². The zero-order valence-corrected chi connectivity index (χ0v) is 12.8. The van der Waals surface area contributed by atoms with Gasteiger partial charge in [-0.25, -0.2) is 0 Å². The number of carbonyl (C=O) groups is 1. The smallest absolute Gasteiger partial charge is 0.313 e. The van der Waals surface area contributed by atoms with E-state index in [0.717, 1.165) is 29.1 Å². The number of hydrogen-bond acceptors (Lipinski definition) is 7. The molecule has 0 radical (unpaired) electrons. The van der Waals surface area contributed by atoms with Gasteiger partial charge in [0, 0.05) is 25.7 Å². The zero-order chi connectivity index (χ0) is 13.9. The minimum absolute atomic E-state index is 0.0467. The molecule has 6 nitrogen and oxygen atoms in total. The maximum atomic E-state index is 10.6. The van der Waals surface area contributed by atoms with E-state index < -0.39 is 5.97 Å². The quantitative estimate of drug-likeness (QED) is 0.842. The molecule has 1 unspecified atom stereocenters. The van der Waals surface area contributed by atoms with Crippen molar-refractivity contribution < 1.29 is 9.90 Å². The number of fused-ring (bicyclic) bond motifs is 1. The van der Waals surface area contributed by atoms with Crippen LogP contribution in [0.4, 0.5) is 5.13 Å². The van der Waals surface area contributed by atoms with Gasteiger partial charge in [-0.15, -0.1) is 10.2 Å². The lowest BCUT2D eigenvalue weighted by molar-refractivity contribution is -0.133. The van der Waals surface area contributed by atoms with Gasteiger partial charge in [-0.1, -0.05) is 29.5 Å². The largest absolute Gasteiger partial charge is 0.481 e. The highest BCUT2D eigenvalue weighted by Crippen LogP contribution is 2.30. The van der Waals surface area contributed by atoms with Gasteiger partial charge in [0.05, 0.1) is 5.75 Å². The van der Waals surface area contributed by atoms with Crippen molar-refractivity contribution in [2.24, 2.45) is 0 Å². The Hall–Kier alpha value is -0.860. The Morgan fingerprint density at radius 3 is 3.10 bits per heavy atom. The molecular weight excluding hydrogens is 296 g/mol. The second kappa shape index (κ2) is 6.28. The van der Waals surface area contributed by atoms with E-state index in [9.17, 15) is 4.79 Å². The van der Waals surface area contributed by atoms with Crippen LogP contribution < -0.4 is 4.90 Å². The van der Waals surface area contributed by atoms with Crippen molar-refractivity contribution in [1.82, 2.24) is 15.1 Å². The number of rotatable bonds is 4. The third-order valence-electron chi connectivity index (χ3n) is 3.82. The first-order chi connectivity index (χ1) is 9.72. The molecule has 0 amide bonds. The molecule has 2 saturated heterocycles. The first-order valence-corrected chi connectivity index (χ1v) is 8.69. The summed E-state index contributed by atoms with van der Waals surface area (Å²) in [5.74, 6) is -0.770. The van der Waals surface area contributed by atoms with Crippen LogP contribution in [-0.4, -0.2) is 64.1 Å². The van der Waals surface area contributed by atoms with Crippen LogP contribution in [0.1, 0.15) is 19.3 Å². The van der Waals surface area contributed by atoms with E-state index >= 15 is 0 Å². The highest BCUT2D eigenvalue weighted by Gasteiger charge is 2.30. The van der Waals surface area contributed by atoms with Crippen LogP contribution in [-0.2, 0) is 4.79 Å². The maximum absolute atomic E-state index is 10.6. The van der Waals surface area contributed by atoms with E-state index in [2.05, 4.69) is 20.0 Å². The Morgan fingerprint density at radius 2 is 2.25 bits per heavy atom. The summed E-state index contributed by atoms with van der Waals surface area (Å²) in [6.45, 7) is 4.35. The molecule has 1 N–H and O–H groups in total. The Labute approximate surface area is 126 Å². The topological polar surface area (TPSA) is 69.6 Å². The number of aromatic nitrogens is 2. The third-order valence-corrected chi connectivity index (χ3v) is 5.92. The first-order valence-electron chi connectivity index (χ1n) is 6.89. The number of nitrogens with zero attached hydrogens (tertiary/aromatic N) is 4. The molecule has 3 heterocycles.